The quantitative estimate of drug-likeness (QED) is 0.481. The van der Waals surface area contributed by atoms with Crippen LogP contribution in [-0.4, -0.2) is 15.3 Å². The summed E-state index contributed by atoms with van der Waals surface area (Å²) in [5.41, 5.74) is 2.39. The van der Waals surface area contributed by atoms with Crippen LogP contribution in [0.2, 0.25) is 15.1 Å². The summed E-state index contributed by atoms with van der Waals surface area (Å²) in [4.78, 5) is 0. The van der Waals surface area contributed by atoms with Crippen LogP contribution in [0.4, 0.5) is 0 Å². The van der Waals surface area contributed by atoms with Crippen LogP contribution < -0.4 is 0 Å². The Hall–Kier alpha value is -2.07. The molecule has 0 aliphatic carbocycles. The van der Waals surface area contributed by atoms with E-state index < -0.39 is 0 Å². The van der Waals surface area contributed by atoms with Gasteiger partial charge in [0, 0.05) is 5.92 Å². The molecule has 0 aliphatic rings. The van der Waals surface area contributed by atoms with Crippen molar-refractivity contribution >= 4 is 34.8 Å². The fourth-order valence-corrected chi connectivity index (χ4v) is 3.25. The monoisotopic (exact) mass is 394 g/mol. The molecule has 3 N–H and O–H groups in total. The van der Waals surface area contributed by atoms with E-state index in [0.717, 1.165) is 16.7 Å². The lowest BCUT2D eigenvalue weighted by Gasteiger charge is -2.20. The Morgan fingerprint density at radius 3 is 1.04 bits per heavy atom. The molecule has 0 fully saturated rings. The van der Waals surface area contributed by atoms with Crippen molar-refractivity contribution in [3.63, 3.8) is 0 Å². The average molecular weight is 396 g/mol. The molecule has 0 bridgehead atoms. The summed E-state index contributed by atoms with van der Waals surface area (Å²) in [5.74, 6) is -0.362. The molecule has 6 heteroatoms. The fourth-order valence-electron chi connectivity index (χ4n) is 2.69. The molecule has 0 saturated carbocycles. The predicted octanol–water partition coefficient (Wildman–Crippen LogP) is 5.94. The average Bonchev–Trinajstić information content (AvgIpc) is 2.57. The summed E-state index contributed by atoms with van der Waals surface area (Å²) in [7, 11) is 0. The highest BCUT2D eigenvalue weighted by Crippen LogP contribution is 2.39. The molecule has 25 heavy (non-hydrogen) atoms. The number of benzene rings is 3. The van der Waals surface area contributed by atoms with E-state index in [0.29, 0.717) is 0 Å². The number of phenolic OH excluding ortho intramolecular Hbond substituents is 3. The summed E-state index contributed by atoms with van der Waals surface area (Å²) in [6.07, 6.45) is 0. The molecule has 0 saturated heterocycles. The van der Waals surface area contributed by atoms with Crippen LogP contribution in [-0.2, 0) is 0 Å². The largest absolute Gasteiger partial charge is 0.506 e. The normalized spacial score (nSPS) is 11.0. The molecule has 0 unspecified atom stereocenters. The zero-order valence-corrected chi connectivity index (χ0v) is 15.0. The van der Waals surface area contributed by atoms with E-state index in [1.807, 2.05) is 0 Å². The predicted molar refractivity (Wildman–Crippen MR) is 100 cm³/mol. The molecule has 0 heterocycles. The van der Waals surface area contributed by atoms with Crippen LogP contribution in [0.1, 0.15) is 22.6 Å². The second-order valence-corrected chi connectivity index (χ2v) is 6.79. The van der Waals surface area contributed by atoms with E-state index in [4.69, 9.17) is 34.8 Å². The lowest BCUT2D eigenvalue weighted by Crippen LogP contribution is -2.03. The minimum absolute atomic E-state index is 0.0170. The smallest absolute Gasteiger partial charge is 0.134 e. The van der Waals surface area contributed by atoms with Crippen molar-refractivity contribution in [2.75, 3.05) is 0 Å². The molecular weight excluding hydrogens is 383 g/mol. The van der Waals surface area contributed by atoms with Crippen LogP contribution in [0.5, 0.6) is 17.2 Å². The van der Waals surface area contributed by atoms with Gasteiger partial charge in [0.05, 0.1) is 15.1 Å². The third-order valence-electron chi connectivity index (χ3n) is 3.92. The van der Waals surface area contributed by atoms with Gasteiger partial charge in [0.15, 0.2) is 0 Å². The zero-order chi connectivity index (χ0) is 18.1. The van der Waals surface area contributed by atoms with Gasteiger partial charge in [-0.25, -0.2) is 0 Å². The Labute approximate surface area is 159 Å². The van der Waals surface area contributed by atoms with Crippen LogP contribution in [0.25, 0.3) is 0 Å². The van der Waals surface area contributed by atoms with Gasteiger partial charge in [-0.05, 0) is 53.1 Å². The van der Waals surface area contributed by atoms with Gasteiger partial charge in [0.25, 0.3) is 0 Å². The highest BCUT2D eigenvalue weighted by Gasteiger charge is 2.20. The van der Waals surface area contributed by atoms with Crippen molar-refractivity contribution in [2.24, 2.45) is 0 Å². The van der Waals surface area contributed by atoms with Gasteiger partial charge in [-0.2, -0.15) is 0 Å². The minimum Gasteiger partial charge on any atom is -0.506 e. The summed E-state index contributed by atoms with van der Waals surface area (Å²) in [6, 6.07) is 14.7. The van der Waals surface area contributed by atoms with Crippen molar-refractivity contribution in [3.05, 3.63) is 86.4 Å². The van der Waals surface area contributed by atoms with E-state index in [2.05, 4.69) is 0 Å². The molecule has 3 rings (SSSR count). The first-order valence-electron chi connectivity index (χ1n) is 7.32. The van der Waals surface area contributed by atoms with Crippen LogP contribution >= 0.6 is 34.8 Å². The van der Waals surface area contributed by atoms with E-state index in [9.17, 15) is 15.3 Å². The van der Waals surface area contributed by atoms with Crippen LogP contribution in [0, 0.1) is 0 Å². The van der Waals surface area contributed by atoms with E-state index in [1.165, 1.54) is 18.2 Å². The van der Waals surface area contributed by atoms with Gasteiger partial charge in [-0.15, -0.1) is 0 Å². The van der Waals surface area contributed by atoms with Gasteiger partial charge in [-0.1, -0.05) is 53.0 Å². The third-order valence-corrected chi connectivity index (χ3v) is 4.82. The molecule has 0 aliphatic heterocycles. The van der Waals surface area contributed by atoms with Crippen molar-refractivity contribution in [3.8, 4) is 17.2 Å². The molecule has 3 aromatic rings. The summed E-state index contributed by atoms with van der Waals surface area (Å²) < 4.78 is 0. The standard InChI is InChI=1S/C19H13Cl3O3/c20-13-7-10(1-4-16(13)23)19(11-2-5-17(24)14(21)8-11)12-3-6-18(25)15(22)9-12/h1-9,19,23-25H. The fraction of sp³-hybridized carbons (Fsp3) is 0.0526. The Balaban J connectivity index is 2.21. The van der Waals surface area contributed by atoms with Crippen molar-refractivity contribution in [1.82, 2.24) is 0 Å². The van der Waals surface area contributed by atoms with Gasteiger partial charge in [0.2, 0.25) is 0 Å². The Kier molecular flexibility index (Phi) is 5.00. The van der Waals surface area contributed by atoms with Crippen molar-refractivity contribution in [2.45, 2.75) is 5.92 Å². The van der Waals surface area contributed by atoms with Gasteiger partial charge < -0.3 is 15.3 Å². The lowest BCUT2D eigenvalue weighted by molar-refractivity contribution is 0.475. The molecule has 0 atom stereocenters. The van der Waals surface area contributed by atoms with E-state index in [-0.39, 0.29) is 38.2 Å². The molecule has 3 nitrogen and oxygen atoms in total. The number of aromatic hydroxyl groups is 3. The third kappa shape index (κ3) is 3.64. The number of phenols is 3. The Morgan fingerprint density at radius 1 is 0.520 bits per heavy atom. The molecule has 0 spiro atoms. The maximum absolute atomic E-state index is 9.69. The molecule has 0 aromatic heterocycles. The first-order valence-corrected chi connectivity index (χ1v) is 8.45. The number of hydrogen-bond acceptors (Lipinski definition) is 3. The van der Waals surface area contributed by atoms with Crippen LogP contribution in [0.15, 0.2) is 54.6 Å². The second-order valence-electron chi connectivity index (χ2n) is 5.57. The maximum atomic E-state index is 9.69. The first-order chi connectivity index (χ1) is 11.9. The van der Waals surface area contributed by atoms with Crippen molar-refractivity contribution < 1.29 is 15.3 Å². The Morgan fingerprint density at radius 2 is 0.800 bits per heavy atom. The molecule has 128 valence electrons. The second kappa shape index (κ2) is 7.04. The van der Waals surface area contributed by atoms with E-state index in [1.54, 1.807) is 36.4 Å². The summed E-state index contributed by atoms with van der Waals surface area (Å²) in [5, 5.41) is 29.7. The molecule has 0 radical (unpaired) electrons. The van der Waals surface area contributed by atoms with Gasteiger partial charge >= 0.3 is 0 Å². The Bertz CT molecular complexity index is 819. The van der Waals surface area contributed by atoms with Crippen LogP contribution in [0.3, 0.4) is 0 Å². The van der Waals surface area contributed by atoms with Gasteiger partial charge in [-0.3, -0.25) is 0 Å². The lowest BCUT2D eigenvalue weighted by atomic mass is 9.85. The number of halogens is 3. The molecule has 3 aromatic carbocycles. The number of hydrogen-bond donors (Lipinski definition) is 3. The highest BCUT2D eigenvalue weighted by atomic mass is 35.5. The zero-order valence-electron chi connectivity index (χ0n) is 12.7. The summed E-state index contributed by atoms with van der Waals surface area (Å²) in [6.45, 7) is 0. The summed E-state index contributed by atoms with van der Waals surface area (Å²) >= 11 is 18.2. The number of rotatable bonds is 3. The topological polar surface area (TPSA) is 60.7 Å². The van der Waals surface area contributed by atoms with E-state index >= 15 is 0 Å². The first kappa shape index (κ1) is 17.7. The van der Waals surface area contributed by atoms with Crippen molar-refractivity contribution in [1.29, 1.82) is 0 Å². The molecular formula is C19H13Cl3O3. The highest BCUT2D eigenvalue weighted by molar-refractivity contribution is 6.32. The van der Waals surface area contributed by atoms with Gasteiger partial charge in [0.1, 0.15) is 17.2 Å². The molecule has 0 amide bonds. The minimum atomic E-state index is -0.311. The maximum Gasteiger partial charge on any atom is 0.134 e. The SMILES string of the molecule is Oc1ccc(C(c2ccc(O)c(Cl)c2)c2ccc(O)c(Cl)c2)cc1Cl.